The second-order valence-electron chi connectivity index (χ2n) is 6.02. The number of aromatic nitrogens is 3. The van der Waals surface area contributed by atoms with Crippen molar-refractivity contribution in [2.45, 2.75) is 19.8 Å². The number of carbonyl (C=O) groups excluding carboxylic acids is 2. The molecule has 1 aromatic carbocycles. The average Bonchev–Trinajstić information content (AvgIpc) is 3.00. The van der Waals surface area contributed by atoms with Crippen molar-refractivity contribution in [2.75, 3.05) is 5.32 Å². The molecule has 2 heterocycles. The van der Waals surface area contributed by atoms with Crippen molar-refractivity contribution < 1.29 is 9.59 Å². The molecule has 0 bridgehead atoms. The van der Waals surface area contributed by atoms with Crippen LogP contribution in [0.1, 0.15) is 28.9 Å². The molecule has 6 nitrogen and oxygen atoms in total. The number of anilines is 1. The van der Waals surface area contributed by atoms with Gasteiger partial charge in [-0.15, -0.1) is 0 Å². The van der Waals surface area contributed by atoms with Gasteiger partial charge in [0.25, 0.3) is 0 Å². The summed E-state index contributed by atoms with van der Waals surface area (Å²) < 4.78 is 1.42. The maximum Gasteiger partial charge on any atom is 0.225 e. The number of rotatable bonds is 6. The largest absolute Gasteiger partial charge is 0.311 e. The van der Waals surface area contributed by atoms with Gasteiger partial charge in [-0.25, -0.2) is 4.98 Å². The minimum absolute atomic E-state index is 0.0213. The summed E-state index contributed by atoms with van der Waals surface area (Å²) in [6.07, 6.45) is 1.53. The summed E-state index contributed by atoms with van der Waals surface area (Å²) >= 11 is 17.9. The van der Waals surface area contributed by atoms with Crippen LogP contribution >= 0.6 is 34.8 Å². The highest BCUT2D eigenvalue weighted by Gasteiger charge is 2.16. The highest BCUT2D eigenvalue weighted by Crippen LogP contribution is 2.25. The predicted molar refractivity (Wildman–Crippen MR) is 110 cm³/mol. The molecule has 3 aromatic rings. The molecule has 2 aromatic heterocycles. The number of benzene rings is 1. The molecule has 0 aliphatic rings. The van der Waals surface area contributed by atoms with Gasteiger partial charge < -0.3 is 5.32 Å². The molecule has 0 aliphatic heterocycles. The van der Waals surface area contributed by atoms with Crippen LogP contribution in [-0.4, -0.2) is 26.5 Å². The Kier molecular flexibility index (Phi) is 6.34. The number of carbonyl (C=O) groups is 2. The third kappa shape index (κ3) is 4.90. The summed E-state index contributed by atoms with van der Waals surface area (Å²) in [7, 11) is 0. The lowest BCUT2D eigenvalue weighted by Gasteiger charge is -2.09. The van der Waals surface area contributed by atoms with E-state index in [-0.39, 0.29) is 24.5 Å². The van der Waals surface area contributed by atoms with Crippen LogP contribution in [0.5, 0.6) is 0 Å². The molecule has 0 spiro atoms. The van der Waals surface area contributed by atoms with Crippen LogP contribution in [0.3, 0.4) is 0 Å². The van der Waals surface area contributed by atoms with Gasteiger partial charge in [-0.05, 0) is 37.3 Å². The maximum atomic E-state index is 12.3. The number of hydrogen-bond donors (Lipinski definition) is 1. The molecule has 0 unspecified atom stereocenters. The Labute approximate surface area is 176 Å². The molecule has 0 atom stereocenters. The number of pyridine rings is 1. The monoisotopic (exact) mass is 436 g/mol. The quantitative estimate of drug-likeness (QED) is 0.542. The Bertz CT molecular complexity index is 1030. The third-order valence-corrected chi connectivity index (χ3v) is 4.57. The number of nitrogens with one attached hydrogen (secondary N) is 1. The predicted octanol–water partition coefficient (Wildman–Crippen LogP) is 5.14. The van der Waals surface area contributed by atoms with Gasteiger partial charge in [-0.2, -0.15) is 9.78 Å². The van der Waals surface area contributed by atoms with Crippen molar-refractivity contribution in [3.05, 3.63) is 68.9 Å². The first-order chi connectivity index (χ1) is 13.3. The maximum absolute atomic E-state index is 12.3. The minimum Gasteiger partial charge on any atom is -0.311 e. The van der Waals surface area contributed by atoms with Crippen LogP contribution in [0.4, 0.5) is 5.82 Å². The zero-order chi connectivity index (χ0) is 20.3. The lowest BCUT2D eigenvalue weighted by Crippen LogP contribution is -2.16. The van der Waals surface area contributed by atoms with Crippen LogP contribution in [-0.2, 0) is 4.79 Å². The number of Topliss-reactive ketones (excluding diaryl/α,β-unsaturated/α-hetero) is 1. The smallest absolute Gasteiger partial charge is 0.225 e. The summed E-state index contributed by atoms with van der Waals surface area (Å²) in [6, 6.07) is 9.77. The lowest BCUT2D eigenvalue weighted by atomic mass is 10.1. The summed E-state index contributed by atoms with van der Waals surface area (Å²) in [5, 5.41) is 8.29. The van der Waals surface area contributed by atoms with Gasteiger partial charge in [0.2, 0.25) is 5.91 Å². The number of nitrogens with zero attached hydrogens (tertiary/aromatic N) is 3. The molecule has 1 amide bonds. The molecule has 28 heavy (non-hydrogen) atoms. The van der Waals surface area contributed by atoms with E-state index in [2.05, 4.69) is 15.4 Å². The fourth-order valence-corrected chi connectivity index (χ4v) is 3.11. The van der Waals surface area contributed by atoms with Crippen molar-refractivity contribution in [1.82, 2.24) is 14.8 Å². The van der Waals surface area contributed by atoms with Gasteiger partial charge in [-0.3, -0.25) is 9.59 Å². The van der Waals surface area contributed by atoms with Crippen LogP contribution in [0.2, 0.25) is 15.1 Å². The summed E-state index contributed by atoms with van der Waals surface area (Å²) in [4.78, 5) is 28.7. The molecule has 1 N–H and O–H groups in total. The molecule has 9 heteroatoms. The Morgan fingerprint density at radius 3 is 2.43 bits per heavy atom. The second kappa shape index (κ2) is 8.73. The Balaban J connectivity index is 1.69. The molecule has 3 rings (SSSR count). The van der Waals surface area contributed by atoms with E-state index in [0.717, 1.165) is 0 Å². The lowest BCUT2D eigenvalue weighted by molar-refractivity contribution is -0.116. The molecule has 0 fully saturated rings. The minimum atomic E-state index is -0.325. The van der Waals surface area contributed by atoms with Gasteiger partial charge >= 0.3 is 0 Å². The van der Waals surface area contributed by atoms with Crippen LogP contribution < -0.4 is 5.32 Å². The standard InChI is InChI=1S/C19H15Cl3N4O2/c1-11-8-17(26(25-11)19-15(22)9-14(21)10-23-19)24-18(28)7-6-16(27)12-2-4-13(20)5-3-12/h2-5,8-10H,6-7H2,1H3,(H,24,28). The fourth-order valence-electron chi connectivity index (χ4n) is 2.53. The van der Waals surface area contributed by atoms with Gasteiger partial charge in [0.1, 0.15) is 5.82 Å². The summed E-state index contributed by atoms with van der Waals surface area (Å²) in [5.41, 5.74) is 1.18. The second-order valence-corrected chi connectivity index (χ2v) is 7.30. The van der Waals surface area contributed by atoms with Crippen molar-refractivity contribution in [1.29, 1.82) is 0 Å². The number of aryl methyl sites for hydroxylation is 1. The van der Waals surface area contributed by atoms with E-state index in [9.17, 15) is 9.59 Å². The van der Waals surface area contributed by atoms with E-state index >= 15 is 0 Å². The number of hydrogen-bond acceptors (Lipinski definition) is 4. The van der Waals surface area contributed by atoms with E-state index in [1.807, 2.05) is 0 Å². The summed E-state index contributed by atoms with van der Waals surface area (Å²) in [5.74, 6) is 0.275. The third-order valence-electron chi connectivity index (χ3n) is 3.83. The van der Waals surface area contributed by atoms with E-state index in [1.165, 1.54) is 10.9 Å². The first-order valence-electron chi connectivity index (χ1n) is 8.30. The molecule has 0 saturated carbocycles. The van der Waals surface area contributed by atoms with Gasteiger partial charge in [0.05, 0.1) is 15.7 Å². The average molecular weight is 438 g/mol. The van der Waals surface area contributed by atoms with E-state index in [0.29, 0.717) is 38.0 Å². The molecular formula is C19H15Cl3N4O2. The highest BCUT2D eigenvalue weighted by molar-refractivity contribution is 6.35. The van der Waals surface area contributed by atoms with Gasteiger partial charge in [0, 0.05) is 35.7 Å². The van der Waals surface area contributed by atoms with Gasteiger partial charge in [-0.1, -0.05) is 34.8 Å². The SMILES string of the molecule is Cc1cc(NC(=O)CCC(=O)c2ccc(Cl)cc2)n(-c2ncc(Cl)cc2Cl)n1. The summed E-state index contributed by atoms with van der Waals surface area (Å²) in [6.45, 7) is 1.78. The zero-order valence-corrected chi connectivity index (χ0v) is 17.0. The van der Waals surface area contributed by atoms with Crippen molar-refractivity contribution in [3.63, 3.8) is 0 Å². The van der Waals surface area contributed by atoms with Crippen molar-refractivity contribution in [3.8, 4) is 5.82 Å². The normalized spacial score (nSPS) is 10.7. The van der Waals surface area contributed by atoms with Crippen molar-refractivity contribution >= 4 is 52.3 Å². The van der Waals surface area contributed by atoms with E-state index in [4.69, 9.17) is 34.8 Å². The molecular weight excluding hydrogens is 423 g/mol. The Hall–Kier alpha value is -2.41. The number of ketones is 1. The molecule has 0 radical (unpaired) electrons. The zero-order valence-electron chi connectivity index (χ0n) is 14.7. The number of amides is 1. The van der Waals surface area contributed by atoms with Crippen LogP contribution in [0.15, 0.2) is 42.6 Å². The van der Waals surface area contributed by atoms with Crippen LogP contribution in [0.25, 0.3) is 5.82 Å². The molecule has 144 valence electrons. The first kappa shape index (κ1) is 20.3. The van der Waals surface area contributed by atoms with Crippen molar-refractivity contribution in [2.24, 2.45) is 0 Å². The Morgan fingerprint density at radius 2 is 1.75 bits per heavy atom. The number of halogens is 3. The van der Waals surface area contributed by atoms with Gasteiger partial charge in [0.15, 0.2) is 11.6 Å². The Morgan fingerprint density at radius 1 is 1.04 bits per heavy atom. The van der Waals surface area contributed by atoms with E-state index < -0.39 is 0 Å². The van der Waals surface area contributed by atoms with E-state index in [1.54, 1.807) is 43.3 Å². The molecule has 0 saturated heterocycles. The topological polar surface area (TPSA) is 76.9 Å². The van der Waals surface area contributed by atoms with Crippen LogP contribution in [0, 0.1) is 6.92 Å². The fraction of sp³-hybridized carbons (Fsp3) is 0.158. The highest BCUT2D eigenvalue weighted by atomic mass is 35.5. The first-order valence-corrected chi connectivity index (χ1v) is 9.43. The molecule has 0 aliphatic carbocycles.